The third-order valence-corrected chi connectivity index (χ3v) is 5.64. The van der Waals surface area contributed by atoms with Gasteiger partial charge in [-0.15, -0.1) is 0 Å². The van der Waals surface area contributed by atoms with Crippen LogP contribution in [0.3, 0.4) is 0 Å². The van der Waals surface area contributed by atoms with E-state index in [4.69, 9.17) is 12.2 Å². The lowest BCUT2D eigenvalue weighted by molar-refractivity contribution is -0.130. The van der Waals surface area contributed by atoms with Gasteiger partial charge < -0.3 is 0 Å². The molecule has 2 saturated heterocycles. The lowest BCUT2D eigenvalue weighted by atomic mass is 9.86. The van der Waals surface area contributed by atoms with Crippen molar-refractivity contribution < 1.29 is 9.59 Å². The number of carbonyl (C=O) groups excluding carboxylic acids is 2. The first-order chi connectivity index (χ1) is 11.0. The summed E-state index contributed by atoms with van der Waals surface area (Å²) in [4.78, 5) is 29.1. The summed E-state index contributed by atoms with van der Waals surface area (Å²) in [6, 6.07) is 0.280. The van der Waals surface area contributed by atoms with E-state index in [2.05, 4.69) is 17.1 Å². The first-order valence-electron chi connectivity index (χ1n) is 8.58. The summed E-state index contributed by atoms with van der Waals surface area (Å²) in [6.07, 6.45) is 8.16. The number of likely N-dealkylation sites (tertiary alicyclic amines) is 1. The summed E-state index contributed by atoms with van der Waals surface area (Å²) in [5, 5.41) is 3.00. The van der Waals surface area contributed by atoms with Crippen LogP contribution in [0.5, 0.6) is 0 Å². The molecule has 1 N–H and O–H groups in total. The lowest BCUT2D eigenvalue weighted by Gasteiger charge is -2.39. The van der Waals surface area contributed by atoms with Gasteiger partial charge in [-0.3, -0.25) is 24.7 Å². The van der Waals surface area contributed by atoms with E-state index in [9.17, 15) is 9.59 Å². The van der Waals surface area contributed by atoms with Crippen molar-refractivity contribution in [3.8, 4) is 0 Å². The Kier molecular flexibility index (Phi) is 4.82. The molecule has 1 saturated carbocycles. The molecule has 3 aliphatic rings. The molecule has 0 bridgehead atoms. The Bertz CT molecular complexity index is 560. The van der Waals surface area contributed by atoms with Gasteiger partial charge in [-0.25, -0.2) is 0 Å². The van der Waals surface area contributed by atoms with Crippen LogP contribution in [-0.2, 0) is 9.59 Å². The normalized spacial score (nSPS) is 35.0. The van der Waals surface area contributed by atoms with Crippen molar-refractivity contribution in [3.05, 3.63) is 11.6 Å². The van der Waals surface area contributed by atoms with Gasteiger partial charge in [-0.1, -0.05) is 19.8 Å². The van der Waals surface area contributed by atoms with Gasteiger partial charge in [0.2, 0.25) is 0 Å². The zero-order valence-corrected chi connectivity index (χ0v) is 14.7. The number of nitrogens with one attached hydrogen (secondary N) is 1. The summed E-state index contributed by atoms with van der Waals surface area (Å²) in [5.41, 5.74) is 0.260. The van der Waals surface area contributed by atoms with Gasteiger partial charge in [-0.05, 0) is 63.5 Å². The van der Waals surface area contributed by atoms with Gasteiger partial charge in [0.05, 0.1) is 0 Å². The molecule has 3 rings (SSSR count). The van der Waals surface area contributed by atoms with E-state index in [1.165, 1.54) is 6.42 Å². The SMILES string of the molecule is CC1CCCC(N2C(=O)/C(=C/C3CCCN3C)C(=O)NC2=S)C1. The van der Waals surface area contributed by atoms with Crippen molar-refractivity contribution in [2.45, 2.75) is 57.5 Å². The molecule has 3 unspecified atom stereocenters. The molecule has 126 valence electrons. The second kappa shape index (κ2) is 6.69. The molecule has 0 spiro atoms. The lowest BCUT2D eigenvalue weighted by Crippen LogP contribution is -2.58. The molecule has 3 atom stereocenters. The Balaban J connectivity index is 1.83. The summed E-state index contributed by atoms with van der Waals surface area (Å²) < 4.78 is 0. The minimum Gasteiger partial charge on any atom is -0.300 e. The molecule has 5 nitrogen and oxygen atoms in total. The van der Waals surface area contributed by atoms with Crippen LogP contribution in [0, 0.1) is 5.92 Å². The van der Waals surface area contributed by atoms with Crippen molar-refractivity contribution in [2.24, 2.45) is 5.92 Å². The highest BCUT2D eigenvalue weighted by Crippen LogP contribution is 2.30. The maximum atomic E-state index is 12.9. The van der Waals surface area contributed by atoms with Crippen LogP contribution >= 0.6 is 12.2 Å². The second-order valence-corrected chi connectivity index (χ2v) is 7.52. The van der Waals surface area contributed by atoms with Crippen molar-refractivity contribution in [1.29, 1.82) is 0 Å². The fourth-order valence-corrected chi connectivity index (χ4v) is 4.32. The average Bonchev–Trinajstić information content (AvgIpc) is 2.88. The van der Waals surface area contributed by atoms with Crippen LogP contribution in [0.25, 0.3) is 0 Å². The molecule has 3 fully saturated rings. The van der Waals surface area contributed by atoms with E-state index in [0.717, 1.165) is 38.6 Å². The van der Waals surface area contributed by atoms with Gasteiger partial charge in [-0.2, -0.15) is 0 Å². The maximum absolute atomic E-state index is 12.9. The molecular weight excluding hydrogens is 310 g/mol. The molecule has 2 heterocycles. The Morgan fingerprint density at radius 1 is 1.22 bits per heavy atom. The number of carbonyl (C=O) groups is 2. The summed E-state index contributed by atoms with van der Waals surface area (Å²) in [7, 11) is 2.03. The number of thiocarbonyl (C=S) groups is 1. The average molecular weight is 335 g/mol. The fraction of sp³-hybridized carbons (Fsp3) is 0.706. The molecule has 2 amide bonds. The first kappa shape index (κ1) is 16.6. The van der Waals surface area contributed by atoms with E-state index < -0.39 is 0 Å². The Labute approximate surface area is 143 Å². The summed E-state index contributed by atoms with van der Waals surface area (Å²) in [5.74, 6) is 0.0360. The smallest absolute Gasteiger partial charge is 0.265 e. The van der Waals surface area contributed by atoms with E-state index >= 15 is 0 Å². The zero-order chi connectivity index (χ0) is 16.6. The standard InChI is InChI=1S/C17H25N3O2S/c1-11-5-3-6-13(9-11)20-16(22)14(15(21)18-17(20)23)10-12-7-4-8-19(12)2/h10-13H,3-9H2,1-2H3,(H,18,21,23)/b14-10+. The van der Waals surface area contributed by atoms with Crippen LogP contribution in [-0.4, -0.2) is 52.4 Å². The van der Waals surface area contributed by atoms with Gasteiger partial charge in [0.15, 0.2) is 5.11 Å². The van der Waals surface area contributed by atoms with Crippen molar-refractivity contribution >= 4 is 29.1 Å². The van der Waals surface area contributed by atoms with Gasteiger partial charge in [0.1, 0.15) is 5.57 Å². The number of nitrogens with zero attached hydrogens (tertiary/aromatic N) is 2. The molecule has 1 aliphatic carbocycles. The topological polar surface area (TPSA) is 52.7 Å². The largest absolute Gasteiger partial charge is 0.300 e. The molecule has 0 aromatic rings. The Morgan fingerprint density at radius 2 is 2.00 bits per heavy atom. The predicted octanol–water partition coefficient (Wildman–Crippen LogP) is 1.83. The van der Waals surface area contributed by atoms with Crippen molar-refractivity contribution in [1.82, 2.24) is 15.1 Å². The third-order valence-electron chi connectivity index (χ3n) is 5.34. The molecular formula is C17H25N3O2S. The van der Waals surface area contributed by atoms with Gasteiger partial charge >= 0.3 is 0 Å². The quantitative estimate of drug-likeness (QED) is 0.475. The molecule has 23 heavy (non-hydrogen) atoms. The minimum absolute atomic E-state index is 0.115. The van der Waals surface area contributed by atoms with Gasteiger partial charge in [0.25, 0.3) is 11.8 Å². The monoisotopic (exact) mass is 335 g/mol. The highest BCUT2D eigenvalue weighted by molar-refractivity contribution is 7.80. The molecule has 0 radical (unpaired) electrons. The molecule has 0 aromatic heterocycles. The second-order valence-electron chi connectivity index (χ2n) is 7.13. The predicted molar refractivity (Wildman–Crippen MR) is 92.7 cm³/mol. The number of likely N-dealkylation sites (N-methyl/N-ethyl adjacent to an activating group) is 1. The molecule has 6 heteroatoms. The first-order valence-corrected chi connectivity index (χ1v) is 8.99. The third kappa shape index (κ3) is 3.33. The molecule has 0 aromatic carbocycles. The van der Waals surface area contributed by atoms with Crippen molar-refractivity contribution in [3.63, 3.8) is 0 Å². The van der Waals surface area contributed by atoms with E-state index in [-0.39, 0.29) is 34.6 Å². The van der Waals surface area contributed by atoms with Crippen LogP contribution in [0.1, 0.15) is 45.4 Å². The number of hydrogen-bond donors (Lipinski definition) is 1. The van der Waals surface area contributed by atoms with Crippen molar-refractivity contribution in [2.75, 3.05) is 13.6 Å². The number of hydrogen-bond acceptors (Lipinski definition) is 4. The van der Waals surface area contributed by atoms with Crippen LogP contribution < -0.4 is 5.32 Å². The zero-order valence-electron chi connectivity index (χ0n) is 13.9. The minimum atomic E-state index is -0.347. The van der Waals surface area contributed by atoms with E-state index in [1.54, 1.807) is 4.90 Å². The van der Waals surface area contributed by atoms with Crippen LogP contribution in [0.15, 0.2) is 11.6 Å². The summed E-state index contributed by atoms with van der Waals surface area (Å²) >= 11 is 5.30. The highest BCUT2D eigenvalue weighted by Gasteiger charge is 2.39. The maximum Gasteiger partial charge on any atom is 0.265 e. The fourth-order valence-electron chi connectivity index (χ4n) is 4.00. The van der Waals surface area contributed by atoms with E-state index in [1.807, 2.05) is 13.1 Å². The van der Waals surface area contributed by atoms with Crippen LogP contribution in [0.2, 0.25) is 0 Å². The Morgan fingerprint density at radius 3 is 2.65 bits per heavy atom. The van der Waals surface area contributed by atoms with Crippen LogP contribution in [0.4, 0.5) is 0 Å². The number of amides is 2. The van der Waals surface area contributed by atoms with Gasteiger partial charge in [0, 0.05) is 12.1 Å². The molecule has 2 aliphatic heterocycles. The Hall–Kier alpha value is -1.27. The number of rotatable bonds is 2. The van der Waals surface area contributed by atoms with E-state index in [0.29, 0.717) is 5.92 Å². The highest BCUT2D eigenvalue weighted by atomic mass is 32.1. The summed E-state index contributed by atoms with van der Waals surface area (Å²) in [6.45, 7) is 3.22.